The fourth-order valence-electron chi connectivity index (χ4n) is 3.54. The monoisotopic (exact) mass is 332 g/mol. The van der Waals surface area contributed by atoms with Crippen molar-refractivity contribution in [3.8, 4) is 0 Å². The molecular weight excluding hydrogens is 308 g/mol. The summed E-state index contributed by atoms with van der Waals surface area (Å²) in [6, 6.07) is 3.72. The largest absolute Gasteiger partial charge is 0.465 e. The zero-order valence-corrected chi connectivity index (χ0v) is 14.2. The highest BCUT2D eigenvalue weighted by Gasteiger charge is 2.44. The molecule has 0 aromatic carbocycles. The molecule has 1 atom stereocenters. The molecule has 0 spiro atoms. The summed E-state index contributed by atoms with van der Waals surface area (Å²) in [5.74, 6) is 0.377. The molecule has 0 aliphatic carbocycles. The molecule has 1 aromatic heterocycles. The smallest absolute Gasteiger partial charge is 0.256 e. The number of hydrogen-bond donors (Lipinski definition) is 1. The van der Waals surface area contributed by atoms with E-state index in [0.717, 1.165) is 17.8 Å². The zero-order valence-electron chi connectivity index (χ0n) is 14.2. The molecule has 1 aromatic rings. The van der Waals surface area contributed by atoms with Gasteiger partial charge in [0.2, 0.25) is 5.91 Å². The molecule has 1 N–H and O–H groups in total. The van der Waals surface area contributed by atoms with Crippen molar-refractivity contribution in [2.24, 2.45) is 0 Å². The van der Waals surface area contributed by atoms with Crippen molar-refractivity contribution < 1.29 is 19.1 Å². The van der Waals surface area contributed by atoms with Crippen molar-refractivity contribution in [3.05, 3.63) is 29.7 Å². The molecular formula is C18H24N2O4. The number of hydrogen-bond acceptors (Lipinski definition) is 4. The molecule has 6 nitrogen and oxygen atoms in total. The van der Waals surface area contributed by atoms with Crippen LogP contribution in [0.3, 0.4) is 0 Å². The number of likely N-dealkylation sites (tertiary alicyclic amines) is 1. The van der Waals surface area contributed by atoms with Crippen molar-refractivity contribution in [2.45, 2.75) is 38.7 Å². The first-order valence-electron chi connectivity index (χ1n) is 8.40. The standard InChI is InChI=1S/C18H24N2O4/c1-13-6-9-19(11-15(13)16-5-3-10-24-16)17(22)18(23)7-4-8-20(12-18)14(2)21/h3,5,10,23H,4,6-9,11-12H2,1-2H3/t18-/m0/s1. The van der Waals surface area contributed by atoms with Gasteiger partial charge in [0.1, 0.15) is 5.76 Å². The molecule has 1 saturated heterocycles. The van der Waals surface area contributed by atoms with Crippen LogP contribution in [0.2, 0.25) is 0 Å². The van der Waals surface area contributed by atoms with Crippen molar-refractivity contribution in [2.75, 3.05) is 26.2 Å². The minimum atomic E-state index is -1.48. The van der Waals surface area contributed by atoms with E-state index in [1.165, 1.54) is 12.5 Å². The Labute approximate surface area is 141 Å². The number of carbonyl (C=O) groups excluding carboxylic acids is 2. The molecule has 2 aliphatic rings. The number of piperidine rings is 1. The van der Waals surface area contributed by atoms with E-state index in [4.69, 9.17) is 4.42 Å². The fraction of sp³-hybridized carbons (Fsp3) is 0.556. The number of nitrogens with zero attached hydrogens (tertiary/aromatic N) is 2. The third kappa shape index (κ3) is 3.11. The number of carbonyl (C=O) groups is 2. The first kappa shape index (κ1) is 16.8. The first-order chi connectivity index (χ1) is 11.4. The third-order valence-corrected chi connectivity index (χ3v) is 5.04. The molecule has 2 amide bonds. The van der Waals surface area contributed by atoms with Gasteiger partial charge in [-0.25, -0.2) is 0 Å². The van der Waals surface area contributed by atoms with Gasteiger partial charge in [-0.2, -0.15) is 0 Å². The van der Waals surface area contributed by atoms with Gasteiger partial charge in [-0.1, -0.05) is 5.57 Å². The van der Waals surface area contributed by atoms with E-state index < -0.39 is 5.60 Å². The van der Waals surface area contributed by atoms with Crippen LogP contribution >= 0.6 is 0 Å². The minimum Gasteiger partial charge on any atom is -0.465 e. The molecule has 3 rings (SSSR count). The molecule has 6 heteroatoms. The Balaban J connectivity index is 1.77. The lowest BCUT2D eigenvalue weighted by Crippen LogP contribution is -2.59. The van der Waals surface area contributed by atoms with Crippen LogP contribution in [0.25, 0.3) is 5.57 Å². The normalized spacial score (nSPS) is 25.1. The molecule has 3 heterocycles. The summed E-state index contributed by atoms with van der Waals surface area (Å²) in [7, 11) is 0. The lowest BCUT2D eigenvalue weighted by Gasteiger charge is -2.41. The first-order valence-corrected chi connectivity index (χ1v) is 8.40. The van der Waals surface area contributed by atoms with Crippen LogP contribution in [0.4, 0.5) is 0 Å². The van der Waals surface area contributed by atoms with Gasteiger partial charge in [0.15, 0.2) is 5.60 Å². The van der Waals surface area contributed by atoms with E-state index in [1.54, 1.807) is 16.1 Å². The quantitative estimate of drug-likeness (QED) is 0.894. The molecule has 2 aliphatic heterocycles. The Hall–Kier alpha value is -2.08. The van der Waals surface area contributed by atoms with Crippen LogP contribution in [0.15, 0.2) is 28.4 Å². The van der Waals surface area contributed by atoms with E-state index in [1.807, 2.05) is 19.1 Å². The molecule has 0 radical (unpaired) electrons. The second-order valence-corrected chi connectivity index (χ2v) is 6.79. The van der Waals surface area contributed by atoms with Crippen molar-refractivity contribution in [1.29, 1.82) is 0 Å². The zero-order chi connectivity index (χ0) is 17.3. The maximum Gasteiger partial charge on any atom is 0.256 e. The number of β-amino-alcohol motifs (C(OH)–C–C–N with tert-alkyl or cyclic N) is 1. The summed E-state index contributed by atoms with van der Waals surface area (Å²) >= 11 is 0. The van der Waals surface area contributed by atoms with Crippen molar-refractivity contribution >= 4 is 17.4 Å². The minimum absolute atomic E-state index is 0.0798. The summed E-state index contributed by atoms with van der Waals surface area (Å²) in [5.41, 5.74) is 0.723. The summed E-state index contributed by atoms with van der Waals surface area (Å²) < 4.78 is 5.48. The average Bonchev–Trinajstić information content (AvgIpc) is 3.09. The summed E-state index contributed by atoms with van der Waals surface area (Å²) in [6.07, 6.45) is 3.41. The third-order valence-electron chi connectivity index (χ3n) is 5.04. The van der Waals surface area contributed by atoms with E-state index in [2.05, 4.69) is 0 Å². The average molecular weight is 332 g/mol. The van der Waals surface area contributed by atoms with Crippen LogP contribution in [-0.2, 0) is 9.59 Å². The highest BCUT2D eigenvalue weighted by molar-refractivity contribution is 5.88. The maximum atomic E-state index is 12.9. The van der Waals surface area contributed by atoms with Crippen LogP contribution in [0.1, 0.15) is 38.9 Å². The van der Waals surface area contributed by atoms with E-state index in [9.17, 15) is 14.7 Å². The fourth-order valence-corrected chi connectivity index (χ4v) is 3.54. The van der Waals surface area contributed by atoms with Gasteiger partial charge < -0.3 is 19.3 Å². The van der Waals surface area contributed by atoms with Crippen LogP contribution in [0, 0.1) is 0 Å². The SMILES string of the molecule is CC(=O)N1CCC[C@@](O)(C(=O)N2CCC(C)=C(c3ccco3)C2)C1. The predicted molar refractivity (Wildman–Crippen MR) is 88.9 cm³/mol. The lowest BCUT2D eigenvalue weighted by molar-refractivity contribution is -0.159. The van der Waals surface area contributed by atoms with Gasteiger partial charge in [-0.3, -0.25) is 9.59 Å². The van der Waals surface area contributed by atoms with Crippen LogP contribution < -0.4 is 0 Å². The number of furan rings is 1. The maximum absolute atomic E-state index is 12.9. The van der Waals surface area contributed by atoms with E-state index in [-0.39, 0.29) is 18.4 Å². The number of amides is 2. The number of aliphatic hydroxyl groups is 1. The summed E-state index contributed by atoms with van der Waals surface area (Å²) in [6.45, 7) is 5.21. The Morgan fingerprint density at radius 3 is 2.75 bits per heavy atom. The second-order valence-electron chi connectivity index (χ2n) is 6.79. The number of rotatable bonds is 2. The van der Waals surface area contributed by atoms with E-state index in [0.29, 0.717) is 32.5 Å². The van der Waals surface area contributed by atoms with Gasteiger partial charge in [0, 0.05) is 32.1 Å². The summed E-state index contributed by atoms with van der Waals surface area (Å²) in [4.78, 5) is 27.8. The predicted octanol–water partition coefficient (Wildman–Crippen LogP) is 1.66. The highest BCUT2D eigenvalue weighted by atomic mass is 16.3. The van der Waals surface area contributed by atoms with Crippen LogP contribution in [-0.4, -0.2) is 58.5 Å². The lowest BCUT2D eigenvalue weighted by atomic mass is 9.89. The molecule has 24 heavy (non-hydrogen) atoms. The van der Waals surface area contributed by atoms with Gasteiger partial charge >= 0.3 is 0 Å². The second kappa shape index (κ2) is 6.43. The Bertz CT molecular complexity index is 665. The highest BCUT2D eigenvalue weighted by Crippen LogP contribution is 2.30. The topological polar surface area (TPSA) is 74.0 Å². The Morgan fingerprint density at radius 1 is 1.29 bits per heavy atom. The molecule has 0 saturated carbocycles. The molecule has 130 valence electrons. The van der Waals surface area contributed by atoms with Gasteiger partial charge in [-0.15, -0.1) is 0 Å². The Kier molecular flexibility index (Phi) is 4.49. The molecule has 0 bridgehead atoms. The van der Waals surface area contributed by atoms with Gasteiger partial charge in [0.25, 0.3) is 5.91 Å². The Morgan fingerprint density at radius 2 is 2.08 bits per heavy atom. The molecule has 0 unspecified atom stereocenters. The van der Waals surface area contributed by atoms with Crippen molar-refractivity contribution in [1.82, 2.24) is 9.80 Å². The van der Waals surface area contributed by atoms with Gasteiger partial charge in [-0.05, 0) is 38.3 Å². The van der Waals surface area contributed by atoms with Gasteiger partial charge in [0.05, 0.1) is 12.8 Å². The van der Waals surface area contributed by atoms with Crippen molar-refractivity contribution in [3.63, 3.8) is 0 Å². The van der Waals surface area contributed by atoms with Crippen LogP contribution in [0.5, 0.6) is 0 Å². The van der Waals surface area contributed by atoms with E-state index >= 15 is 0 Å². The summed E-state index contributed by atoms with van der Waals surface area (Å²) in [5, 5.41) is 10.9. The molecule has 1 fully saturated rings.